The van der Waals surface area contributed by atoms with Crippen molar-refractivity contribution in [3.05, 3.63) is 29.8 Å². The second-order valence-electron chi connectivity index (χ2n) is 4.91. The highest BCUT2D eigenvalue weighted by molar-refractivity contribution is 6.69. The van der Waals surface area contributed by atoms with E-state index in [2.05, 4.69) is 0 Å². The van der Waals surface area contributed by atoms with E-state index in [-0.39, 0.29) is 5.97 Å². The molecule has 0 saturated heterocycles. The van der Waals surface area contributed by atoms with E-state index in [1.54, 1.807) is 19.2 Å². The van der Waals surface area contributed by atoms with Crippen molar-refractivity contribution in [1.29, 1.82) is 0 Å². The van der Waals surface area contributed by atoms with Crippen LogP contribution < -0.4 is 4.74 Å². The monoisotopic (exact) mass is 268 g/mol. The summed E-state index contributed by atoms with van der Waals surface area (Å²) in [6.45, 7) is 6.10. The van der Waals surface area contributed by atoms with Crippen molar-refractivity contribution in [3.8, 4) is 5.75 Å². The Kier molecular flexibility index (Phi) is 4.92. The van der Waals surface area contributed by atoms with Crippen LogP contribution in [0.1, 0.15) is 11.7 Å². The summed E-state index contributed by atoms with van der Waals surface area (Å²) >= 11 is 0. The Morgan fingerprint density at radius 2 is 1.67 bits per heavy atom. The smallest absolute Gasteiger partial charge is 0.338 e. The summed E-state index contributed by atoms with van der Waals surface area (Å²) in [7, 11) is 1.13. The quantitative estimate of drug-likeness (QED) is 0.608. The van der Waals surface area contributed by atoms with Gasteiger partial charge in [-0.2, -0.15) is 0 Å². The molecular weight excluding hydrogens is 248 g/mol. The second-order valence-corrected chi connectivity index (χ2v) is 9.37. The maximum Gasteiger partial charge on any atom is 0.338 e. The van der Waals surface area contributed by atoms with Gasteiger partial charge in [0.1, 0.15) is 5.75 Å². The third kappa shape index (κ3) is 4.16. The lowest BCUT2D eigenvalue weighted by molar-refractivity contribution is -0.149. The Hall–Kier alpha value is -1.33. The van der Waals surface area contributed by atoms with E-state index in [1.807, 2.05) is 31.8 Å². The van der Waals surface area contributed by atoms with Gasteiger partial charge in [0.15, 0.2) is 14.4 Å². The molecule has 0 spiro atoms. The van der Waals surface area contributed by atoms with Gasteiger partial charge in [-0.1, -0.05) is 12.1 Å². The molecule has 1 aromatic rings. The molecule has 1 atom stereocenters. The first-order valence-corrected chi connectivity index (χ1v) is 9.18. The van der Waals surface area contributed by atoms with Gasteiger partial charge in [-0.15, -0.1) is 0 Å². The summed E-state index contributed by atoms with van der Waals surface area (Å²) < 4.78 is 15.8. The number of esters is 1. The van der Waals surface area contributed by atoms with Gasteiger partial charge < -0.3 is 13.9 Å². The van der Waals surface area contributed by atoms with E-state index in [9.17, 15) is 4.79 Å². The number of hydrogen-bond acceptors (Lipinski definition) is 4. The first-order chi connectivity index (χ1) is 8.37. The number of ether oxygens (including phenoxy) is 2. The molecule has 1 rings (SSSR count). The van der Waals surface area contributed by atoms with Gasteiger partial charge in [-0.3, -0.25) is 0 Å². The Balaban J connectivity index is 2.97. The molecule has 100 valence electrons. The Labute approximate surface area is 109 Å². The third-order valence-corrected chi connectivity index (χ3v) is 3.25. The molecule has 0 bridgehead atoms. The van der Waals surface area contributed by atoms with Gasteiger partial charge >= 0.3 is 5.97 Å². The van der Waals surface area contributed by atoms with Crippen LogP contribution in [0.5, 0.6) is 5.75 Å². The number of benzene rings is 1. The standard InChI is InChI=1S/C13H20O4Si/c1-15-11-8-6-10(7-9-11)12(13(14)16-2)17-18(3,4)5/h6-9,12H,1-5H3. The normalized spacial score (nSPS) is 12.9. The fourth-order valence-electron chi connectivity index (χ4n) is 1.49. The van der Waals surface area contributed by atoms with Crippen LogP contribution in [-0.2, 0) is 14.0 Å². The minimum absolute atomic E-state index is 0.373. The van der Waals surface area contributed by atoms with E-state index in [0.29, 0.717) is 0 Å². The van der Waals surface area contributed by atoms with Crippen molar-refractivity contribution in [2.75, 3.05) is 14.2 Å². The molecule has 0 heterocycles. The van der Waals surface area contributed by atoms with Crippen LogP contribution in [-0.4, -0.2) is 28.5 Å². The molecule has 0 radical (unpaired) electrons. The molecule has 0 aromatic heterocycles. The molecule has 0 aliphatic rings. The van der Waals surface area contributed by atoms with Crippen molar-refractivity contribution in [2.45, 2.75) is 25.7 Å². The SMILES string of the molecule is COC(=O)C(O[Si](C)(C)C)c1ccc(OC)cc1. The Morgan fingerprint density at radius 1 is 1.11 bits per heavy atom. The zero-order valence-corrected chi connectivity index (χ0v) is 12.5. The van der Waals surface area contributed by atoms with Gasteiger partial charge in [0.2, 0.25) is 0 Å². The minimum Gasteiger partial charge on any atom is -0.497 e. The first kappa shape index (κ1) is 14.7. The van der Waals surface area contributed by atoms with Crippen LogP contribution >= 0.6 is 0 Å². The highest BCUT2D eigenvalue weighted by atomic mass is 28.4. The lowest BCUT2D eigenvalue weighted by Crippen LogP contribution is -2.32. The van der Waals surface area contributed by atoms with Crippen LogP contribution in [0.25, 0.3) is 0 Å². The summed E-state index contributed by atoms with van der Waals surface area (Å²) in [6.07, 6.45) is -0.660. The predicted octanol–water partition coefficient (Wildman–Crippen LogP) is 2.76. The summed E-state index contributed by atoms with van der Waals surface area (Å²) in [5.74, 6) is 0.373. The average molecular weight is 268 g/mol. The van der Waals surface area contributed by atoms with Crippen LogP contribution in [0.3, 0.4) is 0 Å². The van der Waals surface area contributed by atoms with Crippen molar-refractivity contribution in [1.82, 2.24) is 0 Å². The summed E-state index contributed by atoms with van der Waals surface area (Å²) in [5, 5.41) is 0. The molecule has 1 unspecified atom stereocenters. The zero-order valence-electron chi connectivity index (χ0n) is 11.5. The van der Waals surface area contributed by atoms with Crippen LogP contribution in [0, 0.1) is 0 Å². The van der Waals surface area contributed by atoms with Crippen molar-refractivity contribution in [3.63, 3.8) is 0 Å². The van der Waals surface area contributed by atoms with Gasteiger partial charge in [0.25, 0.3) is 0 Å². The highest BCUT2D eigenvalue weighted by Crippen LogP contribution is 2.25. The molecular formula is C13H20O4Si. The molecule has 5 heteroatoms. The number of carbonyl (C=O) groups excluding carboxylic acids is 1. The largest absolute Gasteiger partial charge is 0.497 e. The van der Waals surface area contributed by atoms with Gasteiger partial charge in [-0.25, -0.2) is 4.79 Å². The lowest BCUT2D eigenvalue weighted by Gasteiger charge is -2.24. The topological polar surface area (TPSA) is 44.8 Å². The second kappa shape index (κ2) is 6.02. The predicted molar refractivity (Wildman–Crippen MR) is 72.2 cm³/mol. The fourth-order valence-corrected chi connectivity index (χ4v) is 2.43. The van der Waals surface area contributed by atoms with Gasteiger partial charge in [0.05, 0.1) is 14.2 Å². The fraction of sp³-hybridized carbons (Fsp3) is 0.462. The zero-order chi connectivity index (χ0) is 13.8. The number of rotatable bonds is 5. The van der Waals surface area contributed by atoms with Crippen molar-refractivity contribution < 1.29 is 18.7 Å². The van der Waals surface area contributed by atoms with E-state index in [0.717, 1.165) is 11.3 Å². The Bertz CT molecular complexity index is 394. The molecule has 0 aliphatic carbocycles. The van der Waals surface area contributed by atoms with Crippen molar-refractivity contribution in [2.24, 2.45) is 0 Å². The molecule has 1 aromatic carbocycles. The number of hydrogen-bond donors (Lipinski definition) is 0. The highest BCUT2D eigenvalue weighted by Gasteiger charge is 2.28. The van der Waals surface area contributed by atoms with E-state index < -0.39 is 14.4 Å². The summed E-state index contributed by atoms with van der Waals surface area (Å²) in [6, 6.07) is 7.25. The summed E-state index contributed by atoms with van der Waals surface area (Å²) in [5.41, 5.74) is 0.782. The Morgan fingerprint density at radius 3 is 2.06 bits per heavy atom. The number of carbonyl (C=O) groups is 1. The van der Waals surface area contributed by atoms with Gasteiger partial charge in [-0.05, 0) is 37.3 Å². The van der Waals surface area contributed by atoms with Crippen LogP contribution in [0.2, 0.25) is 19.6 Å². The maximum atomic E-state index is 11.8. The number of methoxy groups -OCH3 is 2. The minimum atomic E-state index is -1.84. The third-order valence-electron chi connectivity index (χ3n) is 2.31. The van der Waals surface area contributed by atoms with Crippen LogP contribution in [0.15, 0.2) is 24.3 Å². The molecule has 4 nitrogen and oxygen atoms in total. The van der Waals surface area contributed by atoms with E-state index in [4.69, 9.17) is 13.9 Å². The molecule has 0 fully saturated rings. The first-order valence-electron chi connectivity index (χ1n) is 5.77. The van der Waals surface area contributed by atoms with E-state index in [1.165, 1.54) is 7.11 Å². The molecule has 18 heavy (non-hydrogen) atoms. The molecule has 0 N–H and O–H groups in total. The molecule has 0 aliphatic heterocycles. The van der Waals surface area contributed by atoms with Crippen molar-refractivity contribution >= 4 is 14.3 Å². The van der Waals surface area contributed by atoms with Gasteiger partial charge in [0, 0.05) is 0 Å². The lowest BCUT2D eigenvalue weighted by atomic mass is 10.1. The molecule has 0 saturated carbocycles. The van der Waals surface area contributed by atoms with Crippen LogP contribution in [0.4, 0.5) is 0 Å². The maximum absolute atomic E-state index is 11.8. The summed E-state index contributed by atoms with van der Waals surface area (Å²) in [4.78, 5) is 11.8. The van der Waals surface area contributed by atoms with E-state index >= 15 is 0 Å². The molecule has 0 amide bonds. The average Bonchev–Trinajstić information content (AvgIpc) is 2.34.